The molecule has 19 N–H and O–H groups in total. The van der Waals surface area contributed by atoms with Crippen molar-refractivity contribution in [2.45, 2.75) is 101 Å². The van der Waals surface area contributed by atoms with Crippen molar-refractivity contribution in [1.29, 1.82) is 0 Å². The summed E-state index contributed by atoms with van der Waals surface area (Å²) in [4.78, 5) is 123. The van der Waals surface area contributed by atoms with Crippen LogP contribution in [0.15, 0.2) is 97.1 Å². The van der Waals surface area contributed by atoms with E-state index in [1.165, 1.54) is 119 Å². The molecule has 0 saturated carbocycles. The highest BCUT2D eigenvalue weighted by atomic mass is 16.5. The lowest BCUT2D eigenvalue weighted by atomic mass is 10.1. The number of carboxylic acid groups (broad SMARTS) is 1. The minimum absolute atomic E-state index is 0.00735. The molecule has 0 radical (unpaired) electrons. The van der Waals surface area contributed by atoms with Gasteiger partial charge in [0, 0.05) is 28.4 Å². The van der Waals surface area contributed by atoms with Gasteiger partial charge in [-0.15, -0.1) is 0 Å². The molecule has 4 atom stereocenters. The molecule has 8 amide bonds. The molecule has 27 heteroatoms. The average Bonchev–Trinajstić information content (AvgIpc) is 1.49. The summed E-state index contributed by atoms with van der Waals surface area (Å²) in [5.74, 6) is -5.98. The van der Waals surface area contributed by atoms with Crippen LogP contribution >= 0.6 is 0 Å². The van der Waals surface area contributed by atoms with Crippen LogP contribution in [0.1, 0.15) is 129 Å². The number of carbonyl (C=O) groups is 9. The number of methoxy groups -OCH3 is 4. The molecule has 0 aliphatic carbocycles. The maximum Gasteiger partial charge on any atom is 0.335 e. The Hall–Kier alpha value is -9.67. The minimum atomic E-state index is -1.20. The van der Waals surface area contributed by atoms with Gasteiger partial charge in [0.2, 0.25) is 23.6 Å². The lowest BCUT2D eigenvalue weighted by Gasteiger charge is -2.22. The largest absolute Gasteiger partial charge is 0.496 e. The maximum atomic E-state index is 14.3. The summed E-state index contributed by atoms with van der Waals surface area (Å²) in [5, 5.41) is 31.4. The molecule has 484 valence electrons. The molecular formula is C63H83N13O14. The van der Waals surface area contributed by atoms with E-state index in [1.54, 1.807) is 6.07 Å². The fourth-order valence-electron chi connectivity index (χ4n) is 9.34. The van der Waals surface area contributed by atoms with Gasteiger partial charge in [-0.2, -0.15) is 0 Å². The second-order valence-corrected chi connectivity index (χ2v) is 20.8. The number of hydrogen-bond acceptors (Lipinski definition) is 18. The highest BCUT2D eigenvalue weighted by Gasteiger charge is 2.29. The van der Waals surface area contributed by atoms with E-state index < -0.39 is 77.4 Å². The SMILES string of the molecule is COc1ccc(NC(=O)[C@H](CCCCN)NC(=O)c2cc(NC(=O)[C@H](CCCCN)NC(=O)c3cc(NC(=O)[C@H](CCCCN)NC(=O)c4cc(NC(=O)[C@@H](N)CCCCN)ccc4OC)ccc3OC)ccc2OC)cc1C(=O)Nc1cccc(C(=O)O)c1. The highest BCUT2D eigenvalue weighted by molar-refractivity contribution is 6.09. The van der Waals surface area contributed by atoms with E-state index in [0.717, 1.165) is 0 Å². The van der Waals surface area contributed by atoms with E-state index in [-0.39, 0.29) is 98.5 Å². The molecule has 0 bridgehead atoms. The summed E-state index contributed by atoms with van der Waals surface area (Å²) in [7, 11) is 5.40. The van der Waals surface area contributed by atoms with Crippen molar-refractivity contribution in [3.8, 4) is 23.0 Å². The van der Waals surface area contributed by atoms with Crippen LogP contribution in [0, 0.1) is 0 Å². The first kappa shape index (κ1) is 71.1. The number of rotatable bonds is 37. The van der Waals surface area contributed by atoms with Crippen LogP contribution < -0.4 is 90.2 Å². The summed E-state index contributed by atoms with van der Waals surface area (Å²) in [6.45, 7) is 1.39. The molecule has 0 aromatic heterocycles. The molecule has 0 unspecified atom stereocenters. The number of nitrogens with one attached hydrogen (secondary N) is 8. The Kier molecular flexibility index (Phi) is 28.9. The predicted molar refractivity (Wildman–Crippen MR) is 341 cm³/mol. The molecule has 0 aliphatic rings. The van der Waals surface area contributed by atoms with Gasteiger partial charge in [0.1, 0.15) is 41.1 Å². The van der Waals surface area contributed by atoms with Crippen molar-refractivity contribution in [1.82, 2.24) is 16.0 Å². The van der Waals surface area contributed by atoms with E-state index in [0.29, 0.717) is 84.0 Å². The molecular weight excluding hydrogens is 1160 g/mol. The summed E-state index contributed by atoms with van der Waals surface area (Å²) in [5.41, 5.74) is 29.8. The zero-order valence-electron chi connectivity index (χ0n) is 51.0. The van der Waals surface area contributed by atoms with Crippen molar-refractivity contribution in [3.05, 3.63) is 125 Å². The second-order valence-electron chi connectivity index (χ2n) is 20.8. The van der Waals surface area contributed by atoms with Gasteiger partial charge < -0.3 is 95.3 Å². The molecule has 0 heterocycles. The fraction of sp³-hybridized carbons (Fsp3) is 0.381. The first-order chi connectivity index (χ1) is 43.3. The van der Waals surface area contributed by atoms with Crippen LogP contribution in [0.3, 0.4) is 0 Å². The molecule has 0 aliphatic heterocycles. The van der Waals surface area contributed by atoms with Crippen LogP contribution in [0.4, 0.5) is 28.4 Å². The van der Waals surface area contributed by atoms with Gasteiger partial charge in [0.05, 0.1) is 62.3 Å². The number of amides is 8. The Balaban J connectivity index is 1.33. The van der Waals surface area contributed by atoms with Crippen LogP contribution in [0.2, 0.25) is 0 Å². The van der Waals surface area contributed by atoms with Gasteiger partial charge in [-0.3, -0.25) is 38.4 Å². The molecule has 5 aromatic rings. The Morgan fingerprint density at radius 1 is 0.378 bits per heavy atom. The summed E-state index contributed by atoms with van der Waals surface area (Å²) in [6, 6.07) is 18.7. The topological polar surface area (TPSA) is 437 Å². The van der Waals surface area contributed by atoms with E-state index in [1.807, 2.05) is 0 Å². The summed E-state index contributed by atoms with van der Waals surface area (Å²) < 4.78 is 22.0. The predicted octanol–water partition coefficient (Wildman–Crippen LogP) is 4.66. The third kappa shape index (κ3) is 21.3. The minimum Gasteiger partial charge on any atom is -0.496 e. The highest BCUT2D eigenvalue weighted by Crippen LogP contribution is 2.29. The second kappa shape index (κ2) is 36.6. The van der Waals surface area contributed by atoms with Gasteiger partial charge in [-0.1, -0.05) is 12.5 Å². The fourth-order valence-corrected chi connectivity index (χ4v) is 9.34. The van der Waals surface area contributed by atoms with Crippen molar-refractivity contribution < 1.29 is 67.2 Å². The number of ether oxygens (including phenoxy) is 4. The smallest absolute Gasteiger partial charge is 0.335 e. The zero-order chi connectivity index (χ0) is 65.7. The number of benzene rings is 5. The van der Waals surface area contributed by atoms with Gasteiger partial charge in [-0.05, 0) is 188 Å². The standard InChI is InChI=1S/C63H83N13O14/c1-87-51-25-21-40(34-43(51)55(77)69-38-15-13-14-37(32-38)63(85)86)71-60(82)48(17-6-10-29-65)75-57(79)45-36-42(23-27-53(45)89-3)73-62(84)50(19-8-12-31-67)76-58(80)46-35-41(22-26-54(46)90-4)72-61(83)49(18-7-11-30-66)74-56(78)44-33-39(20-24-52(44)88-2)70-59(81)47(68)16-5-9-28-64/h13-15,20-27,32-36,47-50H,5-12,16-19,28-31,64-68H2,1-4H3,(H,69,77)(H,70,81)(H,71,82)(H,72,83)(H,73,84)(H,74,78)(H,75,79)(H,76,80)(H,85,86)/t47-,48-,49-,50-/m0/s1. The van der Waals surface area contributed by atoms with Crippen molar-refractivity contribution in [2.75, 3.05) is 81.2 Å². The quantitative estimate of drug-likeness (QED) is 0.0240. The summed E-state index contributed by atoms with van der Waals surface area (Å²) >= 11 is 0. The lowest BCUT2D eigenvalue weighted by Crippen LogP contribution is -2.44. The van der Waals surface area contributed by atoms with E-state index in [4.69, 9.17) is 47.6 Å². The third-order valence-electron chi connectivity index (χ3n) is 14.2. The number of carboxylic acids is 1. The van der Waals surface area contributed by atoms with Crippen molar-refractivity contribution in [3.63, 3.8) is 0 Å². The van der Waals surface area contributed by atoms with Gasteiger partial charge in [0.25, 0.3) is 23.6 Å². The molecule has 5 aromatic carbocycles. The monoisotopic (exact) mass is 1250 g/mol. The Bertz CT molecular complexity index is 3310. The summed E-state index contributed by atoms with van der Waals surface area (Å²) in [6.07, 6.45) is 5.03. The molecule has 5 rings (SSSR count). The first-order valence-electron chi connectivity index (χ1n) is 29.4. The van der Waals surface area contributed by atoms with Crippen molar-refractivity contribution in [2.24, 2.45) is 28.7 Å². The maximum absolute atomic E-state index is 14.3. The zero-order valence-corrected chi connectivity index (χ0v) is 51.0. The molecule has 0 spiro atoms. The number of unbranched alkanes of at least 4 members (excludes halogenated alkanes) is 4. The third-order valence-corrected chi connectivity index (χ3v) is 14.2. The van der Waals surface area contributed by atoms with Gasteiger partial charge in [0.15, 0.2) is 0 Å². The molecule has 0 fully saturated rings. The first-order valence-corrected chi connectivity index (χ1v) is 29.4. The van der Waals surface area contributed by atoms with Crippen LogP contribution in [-0.2, 0) is 19.2 Å². The Morgan fingerprint density at radius 3 is 0.989 bits per heavy atom. The number of aromatic carboxylic acids is 1. The number of nitrogens with two attached hydrogens (primary N) is 5. The number of carbonyl (C=O) groups excluding carboxylic acids is 8. The molecule has 27 nitrogen and oxygen atoms in total. The van der Waals surface area contributed by atoms with Crippen LogP contribution in [0.25, 0.3) is 0 Å². The van der Waals surface area contributed by atoms with E-state index in [9.17, 15) is 48.3 Å². The Labute approximate surface area is 522 Å². The van der Waals surface area contributed by atoms with E-state index in [2.05, 4.69) is 42.5 Å². The lowest BCUT2D eigenvalue weighted by molar-refractivity contribution is -0.118. The number of anilines is 5. The van der Waals surface area contributed by atoms with Crippen LogP contribution in [0.5, 0.6) is 23.0 Å². The molecule has 90 heavy (non-hydrogen) atoms. The number of hydrogen-bond donors (Lipinski definition) is 14. The molecule has 0 saturated heterocycles. The van der Waals surface area contributed by atoms with E-state index >= 15 is 0 Å². The van der Waals surface area contributed by atoms with Crippen LogP contribution in [-0.4, -0.2) is 137 Å². The Morgan fingerprint density at radius 2 is 0.678 bits per heavy atom. The van der Waals surface area contributed by atoms with Gasteiger partial charge in [-0.25, -0.2) is 4.79 Å². The van der Waals surface area contributed by atoms with Gasteiger partial charge >= 0.3 is 5.97 Å². The normalized spacial score (nSPS) is 12.1. The van der Waals surface area contributed by atoms with Crippen molar-refractivity contribution >= 4 is 81.7 Å². The average molecular weight is 1250 g/mol.